The number of nitrogens with zero attached hydrogens (tertiary/aromatic N) is 2. The lowest BCUT2D eigenvalue weighted by molar-refractivity contribution is 0.113. The Bertz CT molecular complexity index is 252. The lowest BCUT2D eigenvalue weighted by Crippen LogP contribution is -2.14. The van der Waals surface area contributed by atoms with Crippen molar-refractivity contribution in [2.24, 2.45) is 7.05 Å². The molecule has 4 nitrogen and oxygen atoms in total. The monoisotopic (exact) mass is 202 g/mol. The number of aromatic nitrogens is 2. The van der Waals surface area contributed by atoms with Gasteiger partial charge in [-0.25, -0.2) is 4.98 Å². The SMILES string of the molecule is Cn1cncc1CSCC(O)CO. The Morgan fingerprint density at radius 2 is 2.46 bits per heavy atom. The van der Waals surface area contributed by atoms with Gasteiger partial charge in [0.2, 0.25) is 0 Å². The molecule has 0 spiro atoms. The van der Waals surface area contributed by atoms with E-state index in [0.717, 1.165) is 11.4 Å². The van der Waals surface area contributed by atoms with E-state index in [4.69, 9.17) is 10.2 Å². The molecule has 1 atom stereocenters. The topological polar surface area (TPSA) is 58.3 Å². The summed E-state index contributed by atoms with van der Waals surface area (Å²) in [5.41, 5.74) is 1.12. The highest BCUT2D eigenvalue weighted by Crippen LogP contribution is 2.11. The Morgan fingerprint density at radius 1 is 1.69 bits per heavy atom. The van der Waals surface area contributed by atoms with E-state index in [1.165, 1.54) is 0 Å². The Kier molecular flexibility index (Phi) is 4.27. The number of hydrogen-bond acceptors (Lipinski definition) is 4. The molecule has 1 heterocycles. The predicted octanol–water partition coefficient (Wildman–Crippen LogP) is 0.00650. The van der Waals surface area contributed by atoms with Crippen LogP contribution < -0.4 is 0 Å². The minimum atomic E-state index is -0.613. The van der Waals surface area contributed by atoms with Crippen LogP contribution in [-0.4, -0.2) is 38.2 Å². The summed E-state index contributed by atoms with van der Waals surface area (Å²) in [7, 11) is 1.94. The first-order valence-electron chi connectivity index (χ1n) is 4.06. The fourth-order valence-corrected chi connectivity index (χ4v) is 1.86. The van der Waals surface area contributed by atoms with Gasteiger partial charge in [0.05, 0.1) is 19.0 Å². The minimum Gasteiger partial charge on any atom is -0.394 e. The summed E-state index contributed by atoms with van der Waals surface area (Å²) in [5.74, 6) is 1.37. The van der Waals surface area contributed by atoms with Gasteiger partial charge in [-0.1, -0.05) is 0 Å². The normalized spacial score (nSPS) is 13.2. The van der Waals surface area contributed by atoms with Gasteiger partial charge in [-0.15, -0.1) is 0 Å². The lowest BCUT2D eigenvalue weighted by atomic mass is 10.4. The summed E-state index contributed by atoms with van der Waals surface area (Å²) < 4.78 is 1.94. The molecular formula is C8H14N2O2S. The average Bonchev–Trinajstić information content (AvgIpc) is 2.52. The smallest absolute Gasteiger partial charge is 0.0945 e. The number of imidazole rings is 1. The highest BCUT2D eigenvalue weighted by Gasteiger charge is 2.03. The molecule has 0 fully saturated rings. The third-order valence-electron chi connectivity index (χ3n) is 1.69. The average molecular weight is 202 g/mol. The zero-order valence-electron chi connectivity index (χ0n) is 7.55. The van der Waals surface area contributed by atoms with Crippen LogP contribution in [0.2, 0.25) is 0 Å². The van der Waals surface area contributed by atoms with Crippen LogP contribution >= 0.6 is 11.8 Å². The molecule has 0 aliphatic heterocycles. The highest BCUT2D eigenvalue weighted by atomic mass is 32.2. The van der Waals surface area contributed by atoms with Crippen LogP contribution in [0.15, 0.2) is 12.5 Å². The molecule has 74 valence electrons. The van der Waals surface area contributed by atoms with E-state index in [0.29, 0.717) is 5.75 Å². The summed E-state index contributed by atoms with van der Waals surface area (Å²) in [6.45, 7) is -0.168. The fourth-order valence-electron chi connectivity index (χ4n) is 0.876. The van der Waals surface area contributed by atoms with E-state index in [-0.39, 0.29) is 6.61 Å². The molecule has 2 N–H and O–H groups in total. The zero-order valence-corrected chi connectivity index (χ0v) is 8.37. The third kappa shape index (κ3) is 3.38. The minimum absolute atomic E-state index is 0.168. The molecule has 1 rings (SSSR count). The molecule has 1 aromatic heterocycles. The van der Waals surface area contributed by atoms with Gasteiger partial charge in [0, 0.05) is 30.4 Å². The molecule has 1 unspecified atom stereocenters. The summed E-state index contributed by atoms with van der Waals surface area (Å²) >= 11 is 1.59. The summed E-state index contributed by atoms with van der Waals surface area (Å²) in [6, 6.07) is 0. The lowest BCUT2D eigenvalue weighted by Gasteiger charge is -2.06. The molecule has 0 amide bonds. The summed E-state index contributed by atoms with van der Waals surface area (Å²) in [4.78, 5) is 3.98. The Balaban J connectivity index is 2.24. The van der Waals surface area contributed by atoms with Gasteiger partial charge in [-0.3, -0.25) is 0 Å². The number of aliphatic hydroxyl groups excluding tert-OH is 2. The van der Waals surface area contributed by atoms with Gasteiger partial charge >= 0.3 is 0 Å². The van der Waals surface area contributed by atoms with Crippen molar-refractivity contribution >= 4 is 11.8 Å². The van der Waals surface area contributed by atoms with Crippen molar-refractivity contribution in [2.75, 3.05) is 12.4 Å². The molecule has 0 bridgehead atoms. The zero-order chi connectivity index (χ0) is 9.68. The van der Waals surface area contributed by atoms with Crippen LogP contribution in [0, 0.1) is 0 Å². The predicted molar refractivity (Wildman–Crippen MR) is 52.5 cm³/mol. The van der Waals surface area contributed by atoms with Crippen molar-refractivity contribution in [3.05, 3.63) is 18.2 Å². The van der Waals surface area contributed by atoms with E-state index >= 15 is 0 Å². The van der Waals surface area contributed by atoms with E-state index in [2.05, 4.69) is 4.98 Å². The van der Waals surface area contributed by atoms with Gasteiger partial charge in [0.15, 0.2) is 0 Å². The second kappa shape index (κ2) is 5.26. The van der Waals surface area contributed by atoms with E-state index in [9.17, 15) is 0 Å². The second-order valence-corrected chi connectivity index (χ2v) is 3.88. The van der Waals surface area contributed by atoms with Crippen LogP contribution in [0.5, 0.6) is 0 Å². The van der Waals surface area contributed by atoms with Gasteiger partial charge in [-0.2, -0.15) is 11.8 Å². The van der Waals surface area contributed by atoms with E-state index in [1.807, 2.05) is 11.6 Å². The van der Waals surface area contributed by atoms with Crippen molar-refractivity contribution in [3.8, 4) is 0 Å². The van der Waals surface area contributed by atoms with E-state index in [1.54, 1.807) is 24.3 Å². The number of thioether (sulfide) groups is 1. The molecule has 0 saturated heterocycles. The molecular weight excluding hydrogens is 188 g/mol. The second-order valence-electron chi connectivity index (χ2n) is 2.85. The van der Waals surface area contributed by atoms with Gasteiger partial charge in [0.1, 0.15) is 0 Å². The van der Waals surface area contributed by atoms with Crippen LogP contribution in [0.4, 0.5) is 0 Å². The van der Waals surface area contributed by atoms with Crippen molar-refractivity contribution in [2.45, 2.75) is 11.9 Å². The summed E-state index contributed by atoms with van der Waals surface area (Å²) in [6.07, 6.45) is 2.94. The van der Waals surface area contributed by atoms with Crippen molar-refractivity contribution in [1.29, 1.82) is 0 Å². The van der Waals surface area contributed by atoms with Crippen molar-refractivity contribution in [1.82, 2.24) is 9.55 Å². The van der Waals surface area contributed by atoms with Crippen LogP contribution in [0.3, 0.4) is 0 Å². The number of aryl methyl sites for hydroxylation is 1. The third-order valence-corrected chi connectivity index (χ3v) is 2.81. The number of aliphatic hydroxyl groups is 2. The molecule has 0 aliphatic rings. The van der Waals surface area contributed by atoms with Crippen LogP contribution in [-0.2, 0) is 12.8 Å². The maximum atomic E-state index is 9.06. The first-order valence-corrected chi connectivity index (χ1v) is 5.21. The Labute approximate surface area is 81.6 Å². The molecule has 0 radical (unpaired) electrons. The highest BCUT2D eigenvalue weighted by molar-refractivity contribution is 7.98. The van der Waals surface area contributed by atoms with Gasteiger partial charge in [0.25, 0.3) is 0 Å². The van der Waals surface area contributed by atoms with Crippen LogP contribution in [0.1, 0.15) is 5.69 Å². The van der Waals surface area contributed by atoms with Crippen LogP contribution in [0.25, 0.3) is 0 Å². The number of rotatable bonds is 5. The van der Waals surface area contributed by atoms with E-state index < -0.39 is 6.10 Å². The van der Waals surface area contributed by atoms with Crippen molar-refractivity contribution in [3.63, 3.8) is 0 Å². The maximum Gasteiger partial charge on any atom is 0.0945 e. The molecule has 1 aromatic rings. The van der Waals surface area contributed by atoms with Crippen molar-refractivity contribution < 1.29 is 10.2 Å². The Hall–Kier alpha value is -0.520. The quantitative estimate of drug-likeness (QED) is 0.706. The number of hydrogen-bond donors (Lipinski definition) is 2. The Morgan fingerprint density at radius 3 is 3.00 bits per heavy atom. The fraction of sp³-hybridized carbons (Fsp3) is 0.625. The largest absolute Gasteiger partial charge is 0.394 e. The first-order chi connectivity index (χ1) is 6.24. The standard InChI is InChI=1S/C8H14N2O2S/c1-10-6-9-2-7(10)4-13-5-8(12)3-11/h2,6,8,11-12H,3-5H2,1H3. The van der Waals surface area contributed by atoms with Gasteiger partial charge < -0.3 is 14.8 Å². The molecule has 13 heavy (non-hydrogen) atoms. The molecule has 5 heteroatoms. The molecule has 0 aromatic carbocycles. The molecule has 0 aliphatic carbocycles. The maximum absolute atomic E-state index is 9.06. The summed E-state index contributed by atoms with van der Waals surface area (Å²) in [5, 5.41) is 17.6. The molecule has 0 saturated carbocycles. The first kappa shape index (κ1) is 10.6. The van der Waals surface area contributed by atoms with Gasteiger partial charge in [-0.05, 0) is 0 Å².